The lowest BCUT2D eigenvalue weighted by Crippen LogP contribution is -2.00. The number of hydrogen-bond donors (Lipinski definition) is 0. The van der Waals surface area contributed by atoms with Gasteiger partial charge in [-0.3, -0.25) is 0 Å². The fourth-order valence-corrected chi connectivity index (χ4v) is 1.93. The molecule has 1 unspecified atom stereocenters. The van der Waals surface area contributed by atoms with Gasteiger partial charge in [0.15, 0.2) is 5.56 Å². The number of rotatable bonds is 3. The average molecular weight is 253 g/mol. The number of alkyl halides is 1. The maximum absolute atomic E-state index is 6.14. The molecule has 0 bridgehead atoms. The molecule has 1 atom stereocenters. The van der Waals surface area contributed by atoms with E-state index in [1.54, 1.807) is 6.07 Å². The standard InChI is InChI=1S/C13H10Cl2O/c14-12-9-5-4-8-11(12)13(15)16-10-6-2-1-3-7-10/h1-9,13H. The highest BCUT2D eigenvalue weighted by atomic mass is 35.5. The van der Waals surface area contributed by atoms with Crippen LogP contribution >= 0.6 is 23.2 Å². The minimum absolute atomic E-state index is 0.573. The Morgan fingerprint density at radius 1 is 0.875 bits per heavy atom. The molecule has 0 N–H and O–H groups in total. The van der Waals surface area contributed by atoms with Crippen LogP contribution in [0.2, 0.25) is 5.02 Å². The number of benzene rings is 2. The van der Waals surface area contributed by atoms with Gasteiger partial charge in [-0.1, -0.05) is 59.6 Å². The lowest BCUT2D eigenvalue weighted by atomic mass is 10.2. The van der Waals surface area contributed by atoms with Crippen LogP contribution in [-0.4, -0.2) is 0 Å². The second-order valence-corrected chi connectivity index (χ2v) is 4.07. The summed E-state index contributed by atoms with van der Waals surface area (Å²) < 4.78 is 5.56. The summed E-state index contributed by atoms with van der Waals surface area (Å²) in [4.78, 5) is 0. The van der Waals surface area contributed by atoms with Gasteiger partial charge in [-0.25, -0.2) is 0 Å². The molecule has 0 aliphatic rings. The molecule has 0 spiro atoms. The van der Waals surface area contributed by atoms with Crippen LogP contribution in [0.4, 0.5) is 0 Å². The van der Waals surface area contributed by atoms with Crippen molar-refractivity contribution in [3.8, 4) is 5.75 Å². The van der Waals surface area contributed by atoms with Gasteiger partial charge in [0.2, 0.25) is 0 Å². The predicted octanol–water partition coefficient (Wildman–Crippen LogP) is 4.66. The van der Waals surface area contributed by atoms with Gasteiger partial charge in [0.05, 0.1) is 0 Å². The third kappa shape index (κ3) is 2.69. The maximum Gasteiger partial charge on any atom is 0.199 e. The molecular weight excluding hydrogens is 243 g/mol. The van der Waals surface area contributed by atoms with Gasteiger partial charge in [0.1, 0.15) is 5.75 Å². The third-order valence-corrected chi connectivity index (χ3v) is 2.80. The molecule has 0 amide bonds. The molecular formula is C13H10Cl2O. The van der Waals surface area contributed by atoms with E-state index < -0.39 is 5.56 Å². The molecule has 0 saturated heterocycles. The van der Waals surface area contributed by atoms with Gasteiger partial charge >= 0.3 is 0 Å². The Morgan fingerprint density at radius 3 is 2.19 bits per heavy atom. The van der Waals surface area contributed by atoms with Crippen molar-refractivity contribution >= 4 is 23.2 Å². The fourth-order valence-electron chi connectivity index (χ4n) is 1.34. The molecule has 0 aliphatic heterocycles. The van der Waals surface area contributed by atoms with E-state index in [9.17, 15) is 0 Å². The van der Waals surface area contributed by atoms with Gasteiger partial charge in [-0.15, -0.1) is 0 Å². The second kappa shape index (κ2) is 5.24. The highest BCUT2D eigenvalue weighted by molar-refractivity contribution is 6.32. The minimum Gasteiger partial charge on any atom is -0.470 e. The Hall–Kier alpha value is -1.18. The van der Waals surface area contributed by atoms with Gasteiger partial charge in [-0.2, -0.15) is 0 Å². The molecule has 0 aromatic heterocycles. The van der Waals surface area contributed by atoms with Crippen LogP contribution in [0.1, 0.15) is 11.1 Å². The highest BCUT2D eigenvalue weighted by Gasteiger charge is 2.12. The lowest BCUT2D eigenvalue weighted by Gasteiger charge is -2.13. The van der Waals surface area contributed by atoms with Crippen molar-refractivity contribution in [1.29, 1.82) is 0 Å². The van der Waals surface area contributed by atoms with Crippen LogP contribution in [0.25, 0.3) is 0 Å². The summed E-state index contributed by atoms with van der Waals surface area (Å²) in [6, 6.07) is 16.8. The van der Waals surface area contributed by atoms with Crippen molar-refractivity contribution in [2.45, 2.75) is 5.56 Å². The van der Waals surface area contributed by atoms with Crippen molar-refractivity contribution < 1.29 is 4.74 Å². The van der Waals surface area contributed by atoms with E-state index in [0.29, 0.717) is 5.02 Å². The summed E-state index contributed by atoms with van der Waals surface area (Å²) in [5.74, 6) is 0.724. The molecule has 0 radical (unpaired) electrons. The zero-order chi connectivity index (χ0) is 11.4. The first-order valence-electron chi connectivity index (χ1n) is 4.87. The topological polar surface area (TPSA) is 9.23 Å². The third-order valence-electron chi connectivity index (χ3n) is 2.13. The molecule has 0 heterocycles. The Kier molecular flexibility index (Phi) is 3.70. The van der Waals surface area contributed by atoms with Crippen LogP contribution in [0.3, 0.4) is 0 Å². The maximum atomic E-state index is 6.14. The van der Waals surface area contributed by atoms with Crippen molar-refractivity contribution in [3.05, 3.63) is 65.2 Å². The van der Waals surface area contributed by atoms with Crippen molar-refractivity contribution in [2.75, 3.05) is 0 Å². The monoisotopic (exact) mass is 252 g/mol. The normalized spacial score (nSPS) is 12.1. The molecule has 82 valence electrons. The van der Waals surface area contributed by atoms with E-state index >= 15 is 0 Å². The summed E-state index contributed by atoms with van der Waals surface area (Å²) in [6.45, 7) is 0. The zero-order valence-electron chi connectivity index (χ0n) is 8.44. The van der Waals surface area contributed by atoms with Crippen molar-refractivity contribution in [3.63, 3.8) is 0 Å². The molecule has 2 aromatic rings. The number of ether oxygens (including phenoxy) is 1. The van der Waals surface area contributed by atoms with E-state index in [1.807, 2.05) is 48.5 Å². The average Bonchev–Trinajstić information content (AvgIpc) is 2.31. The van der Waals surface area contributed by atoms with Crippen molar-refractivity contribution in [1.82, 2.24) is 0 Å². The zero-order valence-corrected chi connectivity index (χ0v) is 9.95. The van der Waals surface area contributed by atoms with E-state index in [4.69, 9.17) is 27.9 Å². The van der Waals surface area contributed by atoms with Crippen molar-refractivity contribution in [2.24, 2.45) is 0 Å². The number of halogens is 2. The highest BCUT2D eigenvalue weighted by Crippen LogP contribution is 2.29. The summed E-state index contributed by atoms with van der Waals surface area (Å²) in [5.41, 5.74) is 0.200. The van der Waals surface area contributed by atoms with Crippen LogP contribution < -0.4 is 4.74 Å². The predicted molar refractivity (Wildman–Crippen MR) is 67.1 cm³/mol. The van der Waals surface area contributed by atoms with E-state index in [0.717, 1.165) is 11.3 Å². The van der Waals surface area contributed by atoms with E-state index in [1.165, 1.54) is 0 Å². The Balaban J connectivity index is 2.15. The van der Waals surface area contributed by atoms with E-state index in [-0.39, 0.29) is 0 Å². The van der Waals surface area contributed by atoms with Crippen LogP contribution in [0.5, 0.6) is 5.75 Å². The summed E-state index contributed by atoms with van der Waals surface area (Å²) in [7, 11) is 0. The largest absolute Gasteiger partial charge is 0.470 e. The van der Waals surface area contributed by atoms with Crippen LogP contribution in [0, 0.1) is 0 Å². The summed E-state index contributed by atoms with van der Waals surface area (Å²) in [5, 5.41) is 0.610. The minimum atomic E-state index is -0.573. The first kappa shape index (κ1) is 11.3. The molecule has 2 rings (SSSR count). The molecule has 3 heteroatoms. The van der Waals surface area contributed by atoms with Gasteiger partial charge < -0.3 is 4.74 Å². The second-order valence-electron chi connectivity index (χ2n) is 3.27. The molecule has 0 fully saturated rings. The fraction of sp³-hybridized carbons (Fsp3) is 0.0769. The Morgan fingerprint density at radius 2 is 1.50 bits per heavy atom. The Bertz CT molecular complexity index is 456. The number of hydrogen-bond acceptors (Lipinski definition) is 1. The molecule has 2 aromatic carbocycles. The van der Waals surface area contributed by atoms with Crippen LogP contribution in [0.15, 0.2) is 54.6 Å². The lowest BCUT2D eigenvalue weighted by molar-refractivity contribution is 0.288. The van der Waals surface area contributed by atoms with Gasteiger partial charge in [0, 0.05) is 10.6 Å². The van der Waals surface area contributed by atoms with Crippen LogP contribution in [-0.2, 0) is 0 Å². The smallest absolute Gasteiger partial charge is 0.199 e. The quantitative estimate of drug-likeness (QED) is 0.723. The van der Waals surface area contributed by atoms with Gasteiger partial charge in [0.25, 0.3) is 0 Å². The molecule has 1 nitrogen and oxygen atoms in total. The van der Waals surface area contributed by atoms with Gasteiger partial charge in [-0.05, 0) is 18.2 Å². The van der Waals surface area contributed by atoms with E-state index in [2.05, 4.69) is 0 Å². The molecule has 0 aliphatic carbocycles. The Labute approximate surface area is 105 Å². The summed E-state index contributed by atoms with van der Waals surface area (Å²) in [6.07, 6.45) is 0. The molecule has 0 saturated carbocycles. The summed E-state index contributed by atoms with van der Waals surface area (Å²) >= 11 is 12.2. The molecule has 16 heavy (non-hydrogen) atoms. The SMILES string of the molecule is Clc1ccccc1C(Cl)Oc1ccccc1. The first-order valence-corrected chi connectivity index (χ1v) is 5.69. The number of para-hydroxylation sites is 1. The first-order chi connectivity index (χ1) is 7.77.